The molecule has 0 aliphatic carbocycles. The van der Waals surface area contributed by atoms with Crippen molar-refractivity contribution in [1.29, 1.82) is 0 Å². The molecule has 1 saturated heterocycles. The van der Waals surface area contributed by atoms with Gasteiger partial charge in [-0.25, -0.2) is 4.98 Å². The summed E-state index contributed by atoms with van der Waals surface area (Å²) in [5.74, 6) is 3.09. The van der Waals surface area contributed by atoms with Crippen LogP contribution in [0.4, 0.5) is 0 Å². The smallest absolute Gasteiger partial charge is 0.234 e. The average molecular weight is 444 g/mol. The Morgan fingerprint density at radius 2 is 1.78 bits per heavy atom. The van der Waals surface area contributed by atoms with Crippen molar-refractivity contribution in [2.24, 2.45) is 0 Å². The molecule has 1 fully saturated rings. The molecule has 176 valence electrons. The van der Waals surface area contributed by atoms with Crippen LogP contribution in [0.25, 0.3) is 0 Å². The van der Waals surface area contributed by atoms with Gasteiger partial charge in [-0.05, 0) is 24.1 Å². The summed E-state index contributed by atoms with van der Waals surface area (Å²) in [4.78, 5) is 21.5. The van der Waals surface area contributed by atoms with Crippen LogP contribution in [-0.2, 0) is 17.8 Å². The predicted molar refractivity (Wildman–Crippen MR) is 125 cm³/mol. The third-order valence-corrected chi connectivity index (χ3v) is 5.94. The van der Waals surface area contributed by atoms with E-state index in [9.17, 15) is 4.79 Å². The van der Waals surface area contributed by atoms with Crippen LogP contribution in [0.3, 0.4) is 0 Å². The molecule has 1 aliphatic rings. The molecule has 0 spiro atoms. The molecule has 2 aromatic rings. The molecule has 0 saturated carbocycles. The molecule has 0 radical (unpaired) electrons. The minimum Gasteiger partial charge on any atom is -0.493 e. The Kier molecular flexibility index (Phi) is 8.93. The third-order valence-electron chi connectivity index (χ3n) is 5.94. The molecule has 8 nitrogen and oxygen atoms in total. The standard InChI is InChI=1S/C24H37N5O3/c1-19(2)24-26-9-10-29(24)16-15-27-11-13-28(14-12-27)18-23(30)25-8-7-20-5-6-21(31-3)22(17-20)32-4/h5-6,9-10,17,19H,7-8,11-16,18H2,1-4H3,(H,25,30). The second-order valence-corrected chi connectivity index (χ2v) is 8.54. The average Bonchev–Trinajstić information content (AvgIpc) is 3.27. The second kappa shape index (κ2) is 11.9. The highest BCUT2D eigenvalue weighted by Crippen LogP contribution is 2.27. The van der Waals surface area contributed by atoms with Crippen LogP contribution in [0.1, 0.15) is 31.2 Å². The fraction of sp³-hybridized carbons (Fsp3) is 0.583. The van der Waals surface area contributed by atoms with Gasteiger partial charge in [0.2, 0.25) is 5.91 Å². The molecule has 1 aromatic carbocycles. The van der Waals surface area contributed by atoms with Crippen LogP contribution < -0.4 is 14.8 Å². The number of imidazole rings is 1. The van der Waals surface area contributed by atoms with E-state index in [1.165, 1.54) is 0 Å². The van der Waals surface area contributed by atoms with Gasteiger partial charge in [-0.1, -0.05) is 19.9 Å². The molecule has 8 heteroatoms. The number of nitrogens with one attached hydrogen (secondary N) is 1. The highest BCUT2D eigenvalue weighted by Gasteiger charge is 2.19. The van der Waals surface area contributed by atoms with Gasteiger partial charge >= 0.3 is 0 Å². The molecule has 1 aromatic heterocycles. The molecule has 1 aliphatic heterocycles. The first kappa shape index (κ1) is 24.1. The van der Waals surface area contributed by atoms with Gasteiger partial charge in [-0.3, -0.25) is 14.6 Å². The zero-order valence-electron chi connectivity index (χ0n) is 19.8. The molecule has 0 bridgehead atoms. The second-order valence-electron chi connectivity index (χ2n) is 8.54. The molecular weight excluding hydrogens is 406 g/mol. The van der Waals surface area contributed by atoms with Crippen molar-refractivity contribution >= 4 is 5.91 Å². The molecule has 1 N–H and O–H groups in total. The number of carbonyl (C=O) groups excluding carboxylic acids is 1. The first-order valence-electron chi connectivity index (χ1n) is 11.4. The van der Waals surface area contributed by atoms with Crippen LogP contribution in [0, 0.1) is 0 Å². The third kappa shape index (κ3) is 6.71. The van der Waals surface area contributed by atoms with Crippen molar-refractivity contribution in [2.45, 2.75) is 32.7 Å². The van der Waals surface area contributed by atoms with Gasteiger partial charge in [-0.2, -0.15) is 0 Å². The fourth-order valence-corrected chi connectivity index (χ4v) is 4.07. The number of nitrogens with zero attached hydrogens (tertiary/aromatic N) is 4. The van der Waals surface area contributed by atoms with Gasteiger partial charge in [-0.15, -0.1) is 0 Å². The van der Waals surface area contributed by atoms with Crippen LogP contribution in [-0.4, -0.2) is 85.3 Å². The van der Waals surface area contributed by atoms with Crippen LogP contribution in [0.15, 0.2) is 30.6 Å². The summed E-state index contributed by atoms with van der Waals surface area (Å²) in [5.41, 5.74) is 1.11. The molecular formula is C24H37N5O3. The summed E-state index contributed by atoms with van der Waals surface area (Å²) in [6, 6.07) is 5.85. The van der Waals surface area contributed by atoms with Crippen molar-refractivity contribution < 1.29 is 14.3 Å². The van der Waals surface area contributed by atoms with Crippen molar-refractivity contribution in [3.8, 4) is 11.5 Å². The van der Waals surface area contributed by atoms with Crippen LogP contribution in [0.2, 0.25) is 0 Å². The van der Waals surface area contributed by atoms with Gasteiger partial charge in [0.1, 0.15) is 5.82 Å². The maximum atomic E-state index is 12.4. The molecule has 2 heterocycles. The fourth-order valence-electron chi connectivity index (χ4n) is 4.07. The van der Waals surface area contributed by atoms with Crippen molar-refractivity contribution in [1.82, 2.24) is 24.7 Å². The number of rotatable bonds is 11. The van der Waals surface area contributed by atoms with Crippen molar-refractivity contribution in [3.05, 3.63) is 42.0 Å². The van der Waals surface area contributed by atoms with E-state index >= 15 is 0 Å². The Morgan fingerprint density at radius 3 is 2.47 bits per heavy atom. The highest BCUT2D eigenvalue weighted by molar-refractivity contribution is 5.78. The van der Waals surface area contributed by atoms with Gasteiger partial charge in [0, 0.05) is 64.1 Å². The lowest BCUT2D eigenvalue weighted by molar-refractivity contribution is -0.122. The van der Waals surface area contributed by atoms with E-state index in [1.807, 2.05) is 24.4 Å². The lowest BCUT2D eigenvalue weighted by Crippen LogP contribution is -2.50. The molecule has 1 amide bonds. The highest BCUT2D eigenvalue weighted by atomic mass is 16.5. The van der Waals surface area contributed by atoms with E-state index in [4.69, 9.17) is 9.47 Å². The van der Waals surface area contributed by atoms with E-state index in [0.29, 0.717) is 30.5 Å². The van der Waals surface area contributed by atoms with Gasteiger partial charge in [0.25, 0.3) is 0 Å². The number of ether oxygens (including phenoxy) is 2. The zero-order chi connectivity index (χ0) is 22.9. The summed E-state index contributed by atoms with van der Waals surface area (Å²) in [5, 5.41) is 3.04. The number of benzene rings is 1. The summed E-state index contributed by atoms with van der Waals surface area (Å²) in [7, 11) is 3.25. The Balaban J connectivity index is 1.33. The number of carbonyl (C=O) groups is 1. The largest absolute Gasteiger partial charge is 0.493 e. The van der Waals surface area contributed by atoms with Gasteiger partial charge < -0.3 is 19.4 Å². The summed E-state index contributed by atoms with van der Waals surface area (Å²) >= 11 is 0. The molecule has 0 atom stereocenters. The Hall–Kier alpha value is -2.58. The first-order valence-corrected chi connectivity index (χ1v) is 11.4. The van der Waals surface area contributed by atoms with E-state index in [2.05, 4.69) is 44.7 Å². The number of piperazine rings is 1. The van der Waals surface area contributed by atoms with Crippen LogP contribution >= 0.6 is 0 Å². The lowest BCUT2D eigenvalue weighted by Gasteiger charge is -2.34. The number of aromatic nitrogens is 2. The zero-order valence-corrected chi connectivity index (χ0v) is 19.8. The minimum absolute atomic E-state index is 0.0823. The Bertz CT molecular complexity index is 859. The van der Waals surface area contributed by atoms with Gasteiger partial charge in [0.05, 0.1) is 20.8 Å². The van der Waals surface area contributed by atoms with Crippen LogP contribution in [0.5, 0.6) is 11.5 Å². The van der Waals surface area contributed by atoms with E-state index in [1.54, 1.807) is 14.2 Å². The normalized spacial score (nSPS) is 15.2. The van der Waals surface area contributed by atoms with E-state index in [-0.39, 0.29) is 5.91 Å². The number of methoxy groups -OCH3 is 2. The minimum atomic E-state index is 0.0823. The first-order chi connectivity index (χ1) is 15.5. The molecule has 3 rings (SSSR count). The maximum absolute atomic E-state index is 12.4. The predicted octanol–water partition coefficient (Wildman–Crippen LogP) is 2.00. The van der Waals surface area contributed by atoms with E-state index in [0.717, 1.165) is 57.1 Å². The van der Waals surface area contributed by atoms with E-state index < -0.39 is 0 Å². The summed E-state index contributed by atoms with van der Waals surface area (Å²) in [6.07, 6.45) is 4.71. The monoisotopic (exact) mass is 443 g/mol. The topological polar surface area (TPSA) is 71.9 Å². The van der Waals surface area contributed by atoms with Crippen molar-refractivity contribution in [2.75, 3.05) is 60.0 Å². The molecule has 32 heavy (non-hydrogen) atoms. The maximum Gasteiger partial charge on any atom is 0.234 e. The number of amides is 1. The van der Waals surface area contributed by atoms with Gasteiger partial charge in [0.15, 0.2) is 11.5 Å². The number of hydrogen-bond acceptors (Lipinski definition) is 6. The Morgan fingerprint density at radius 1 is 1.06 bits per heavy atom. The lowest BCUT2D eigenvalue weighted by atomic mass is 10.1. The summed E-state index contributed by atoms with van der Waals surface area (Å²) in [6.45, 7) is 11.2. The molecule has 0 unspecified atom stereocenters. The van der Waals surface area contributed by atoms with Crippen molar-refractivity contribution in [3.63, 3.8) is 0 Å². The quantitative estimate of drug-likeness (QED) is 0.573. The summed E-state index contributed by atoms with van der Waals surface area (Å²) < 4.78 is 12.9. The Labute approximate surface area is 191 Å². The SMILES string of the molecule is COc1ccc(CCNC(=O)CN2CCN(CCn3ccnc3C(C)C)CC2)cc1OC. The number of hydrogen-bond donors (Lipinski definition) is 1.